The summed E-state index contributed by atoms with van der Waals surface area (Å²) in [6.45, 7) is 13.4. The standard InChI is InChI=1S/C25H37F2N5O/c1-4-10-30(11-5-2)22-16-20-18(24(28-22)25(26)27)8-7-9-19-21(17-32(19)20)29-12-14-31(15-13-29)23(33)6-3/h6,16,19,21,25H,3-5,7-15,17H2,1-2H3/t19-,21+/m0/s1. The number of amides is 1. The van der Waals surface area contributed by atoms with E-state index in [1.807, 2.05) is 4.90 Å². The highest BCUT2D eigenvalue weighted by Crippen LogP contribution is 2.42. The molecule has 3 aliphatic heterocycles. The third-order valence-corrected chi connectivity index (χ3v) is 7.37. The molecule has 0 saturated carbocycles. The highest BCUT2D eigenvalue weighted by Gasteiger charge is 2.45. The van der Waals surface area contributed by atoms with Crippen molar-refractivity contribution in [2.75, 3.05) is 55.6 Å². The van der Waals surface area contributed by atoms with Gasteiger partial charge in [0.2, 0.25) is 5.91 Å². The summed E-state index contributed by atoms with van der Waals surface area (Å²) in [7, 11) is 0. The van der Waals surface area contributed by atoms with Crippen molar-refractivity contribution in [3.05, 3.63) is 30.0 Å². The predicted octanol–water partition coefficient (Wildman–Crippen LogP) is 3.87. The molecule has 0 bridgehead atoms. The number of anilines is 2. The van der Waals surface area contributed by atoms with E-state index < -0.39 is 6.43 Å². The van der Waals surface area contributed by atoms with E-state index >= 15 is 0 Å². The number of aromatic nitrogens is 1. The number of hydrogen-bond donors (Lipinski definition) is 0. The number of hydrogen-bond acceptors (Lipinski definition) is 5. The van der Waals surface area contributed by atoms with Crippen molar-refractivity contribution in [2.24, 2.45) is 0 Å². The molecule has 2 saturated heterocycles. The van der Waals surface area contributed by atoms with E-state index in [-0.39, 0.29) is 11.6 Å². The molecule has 182 valence electrons. The van der Waals surface area contributed by atoms with Crippen LogP contribution in [0.4, 0.5) is 20.3 Å². The van der Waals surface area contributed by atoms with Crippen molar-refractivity contribution < 1.29 is 13.6 Å². The Morgan fingerprint density at radius 2 is 1.91 bits per heavy atom. The molecular weight excluding hydrogens is 424 g/mol. The molecule has 4 rings (SSSR count). The van der Waals surface area contributed by atoms with Crippen LogP contribution in [-0.2, 0) is 11.2 Å². The smallest absolute Gasteiger partial charge is 0.280 e. The Balaban J connectivity index is 1.56. The summed E-state index contributed by atoms with van der Waals surface area (Å²) in [5, 5.41) is 0. The van der Waals surface area contributed by atoms with E-state index in [2.05, 4.69) is 46.2 Å². The molecule has 33 heavy (non-hydrogen) atoms. The maximum absolute atomic E-state index is 14.1. The van der Waals surface area contributed by atoms with Gasteiger partial charge in [0.05, 0.1) is 0 Å². The van der Waals surface area contributed by atoms with Crippen LogP contribution in [0.15, 0.2) is 18.7 Å². The Hall–Kier alpha value is -2.22. The normalized spacial score (nSPS) is 22.9. The maximum atomic E-state index is 14.1. The van der Waals surface area contributed by atoms with Crippen LogP contribution in [-0.4, -0.2) is 78.6 Å². The van der Waals surface area contributed by atoms with Crippen molar-refractivity contribution in [1.29, 1.82) is 0 Å². The molecule has 1 aromatic rings. The first-order chi connectivity index (χ1) is 16.0. The average molecular weight is 462 g/mol. The Kier molecular flexibility index (Phi) is 7.51. The molecule has 2 atom stereocenters. The van der Waals surface area contributed by atoms with Crippen LogP contribution in [0.1, 0.15) is 57.2 Å². The zero-order chi connectivity index (χ0) is 23.5. The van der Waals surface area contributed by atoms with Crippen LogP contribution in [0.5, 0.6) is 0 Å². The summed E-state index contributed by atoms with van der Waals surface area (Å²) in [5.74, 6) is 0.685. The van der Waals surface area contributed by atoms with Gasteiger partial charge >= 0.3 is 0 Å². The third kappa shape index (κ3) is 4.72. The first kappa shape index (κ1) is 23.9. The molecule has 8 heteroatoms. The molecule has 3 aliphatic rings. The zero-order valence-electron chi connectivity index (χ0n) is 20.0. The summed E-state index contributed by atoms with van der Waals surface area (Å²) in [6.07, 6.45) is 3.29. The van der Waals surface area contributed by atoms with Gasteiger partial charge in [0, 0.05) is 75.2 Å². The molecule has 1 amide bonds. The summed E-state index contributed by atoms with van der Waals surface area (Å²) in [4.78, 5) is 25.2. The van der Waals surface area contributed by atoms with E-state index in [9.17, 15) is 13.6 Å². The van der Waals surface area contributed by atoms with Gasteiger partial charge in [0.25, 0.3) is 6.43 Å². The number of rotatable bonds is 8. The minimum Gasteiger partial charge on any atom is -0.365 e. The lowest BCUT2D eigenvalue weighted by atomic mass is 9.90. The summed E-state index contributed by atoms with van der Waals surface area (Å²) < 4.78 is 28.2. The molecule has 0 radical (unpaired) electrons. The first-order valence-electron chi connectivity index (χ1n) is 12.5. The molecular formula is C25H37F2N5O. The SMILES string of the molecule is C=CC(=O)N1CCN([C@@H]2CN3c4cc(N(CCC)CCC)nc(C(F)F)c4CCC[C@@H]23)CC1. The lowest BCUT2D eigenvalue weighted by Crippen LogP contribution is -2.69. The van der Waals surface area contributed by atoms with Gasteiger partial charge in [0.15, 0.2) is 0 Å². The van der Waals surface area contributed by atoms with E-state index in [1.54, 1.807) is 0 Å². The molecule has 4 heterocycles. The molecule has 0 aliphatic carbocycles. The fraction of sp³-hybridized carbons (Fsp3) is 0.680. The van der Waals surface area contributed by atoms with Crippen LogP contribution in [0.2, 0.25) is 0 Å². The molecule has 0 N–H and O–H groups in total. The van der Waals surface area contributed by atoms with E-state index in [4.69, 9.17) is 0 Å². The maximum Gasteiger partial charge on any atom is 0.280 e. The van der Waals surface area contributed by atoms with Crippen molar-refractivity contribution >= 4 is 17.4 Å². The molecule has 2 fully saturated rings. The third-order valence-electron chi connectivity index (χ3n) is 7.37. The lowest BCUT2D eigenvalue weighted by Gasteiger charge is -2.55. The molecule has 6 nitrogen and oxygen atoms in total. The monoisotopic (exact) mass is 461 g/mol. The van der Waals surface area contributed by atoms with E-state index in [1.165, 1.54) is 6.08 Å². The number of fused-ring (bicyclic) bond motifs is 3. The summed E-state index contributed by atoms with van der Waals surface area (Å²) in [6, 6.07) is 2.81. The average Bonchev–Trinajstić information content (AvgIpc) is 2.94. The number of carbonyl (C=O) groups is 1. The number of alkyl halides is 2. The first-order valence-corrected chi connectivity index (χ1v) is 12.5. The van der Waals surface area contributed by atoms with Crippen LogP contribution in [0.3, 0.4) is 0 Å². The van der Waals surface area contributed by atoms with Gasteiger partial charge < -0.3 is 14.7 Å². The van der Waals surface area contributed by atoms with Gasteiger partial charge in [-0.05, 0) is 38.2 Å². The quantitative estimate of drug-likeness (QED) is 0.550. The molecule has 0 aromatic carbocycles. The molecule has 0 unspecified atom stereocenters. The van der Waals surface area contributed by atoms with Crippen LogP contribution < -0.4 is 9.80 Å². The van der Waals surface area contributed by atoms with Gasteiger partial charge in [-0.25, -0.2) is 13.8 Å². The second-order valence-electron chi connectivity index (χ2n) is 9.40. The molecule has 0 spiro atoms. The number of piperazine rings is 1. The Morgan fingerprint density at radius 3 is 2.52 bits per heavy atom. The van der Waals surface area contributed by atoms with Gasteiger partial charge in [-0.15, -0.1) is 0 Å². The van der Waals surface area contributed by atoms with Crippen molar-refractivity contribution in [2.45, 2.75) is 64.5 Å². The Morgan fingerprint density at radius 1 is 1.21 bits per heavy atom. The second-order valence-corrected chi connectivity index (χ2v) is 9.40. The van der Waals surface area contributed by atoms with Gasteiger partial charge in [-0.1, -0.05) is 20.4 Å². The minimum absolute atomic E-state index is 0.00319. The highest BCUT2D eigenvalue weighted by atomic mass is 19.3. The van der Waals surface area contributed by atoms with Crippen LogP contribution in [0.25, 0.3) is 0 Å². The fourth-order valence-corrected chi connectivity index (χ4v) is 5.70. The number of nitrogens with zero attached hydrogens (tertiary/aromatic N) is 5. The van der Waals surface area contributed by atoms with Crippen molar-refractivity contribution in [3.8, 4) is 0 Å². The Labute approximate surface area is 196 Å². The van der Waals surface area contributed by atoms with Crippen molar-refractivity contribution in [3.63, 3.8) is 0 Å². The number of halogens is 2. The number of pyridine rings is 1. The van der Waals surface area contributed by atoms with Gasteiger partial charge in [-0.3, -0.25) is 9.69 Å². The van der Waals surface area contributed by atoms with Gasteiger partial charge in [-0.2, -0.15) is 0 Å². The number of carbonyl (C=O) groups excluding carboxylic acids is 1. The Bertz CT molecular complexity index is 849. The summed E-state index contributed by atoms with van der Waals surface area (Å²) in [5.41, 5.74) is 1.68. The van der Waals surface area contributed by atoms with E-state index in [0.29, 0.717) is 24.3 Å². The lowest BCUT2D eigenvalue weighted by molar-refractivity contribution is -0.128. The largest absolute Gasteiger partial charge is 0.365 e. The van der Waals surface area contributed by atoms with Crippen LogP contribution in [0, 0.1) is 0 Å². The zero-order valence-corrected chi connectivity index (χ0v) is 20.0. The topological polar surface area (TPSA) is 42.9 Å². The molecule has 1 aromatic heterocycles. The highest BCUT2D eigenvalue weighted by molar-refractivity contribution is 5.87. The van der Waals surface area contributed by atoms with Gasteiger partial charge in [0.1, 0.15) is 11.5 Å². The second kappa shape index (κ2) is 10.4. The summed E-state index contributed by atoms with van der Waals surface area (Å²) >= 11 is 0. The van der Waals surface area contributed by atoms with Crippen LogP contribution >= 0.6 is 0 Å². The fourth-order valence-electron chi connectivity index (χ4n) is 5.70. The van der Waals surface area contributed by atoms with E-state index in [0.717, 1.165) is 82.7 Å². The van der Waals surface area contributed by atoms with Crippen molar-refractivity contribution in [1.82, 2.24) is 14.8 Å². The predicted molar refractivity (Wildman–Crippen MR) is 128 cm³/mol. The minimum atomic E-state index is -2.56.